The van der Waals surface area contributed by atoms with E-state index in [-0.39, 0.29) is 24.5 Å². The lowest BCUT2D eigenvalue weighted by Gasteiger charge is -2.23. The Bertz CT molecular complexity index is 800. The minimum absolute atomic E-state index is 0.0726. The monoisotopic (exact) mass is 371 g/mol. The molecule has 144 valence electrons. The predicted octanol–water partition coefficient (Wildman–Crippen LogP) is 2.13. The number of anilines is 1. The van der Waals surface area contributed by atoms with Crippen LogP contribution in [0.4, 0.5) is 10.5 Å². The third-order valence-corrected chi connectivity index (χ3v) is 4.54. The maximum absolute atomic E-state index is 12.2. The van der Waals surface area contributed by atoms with Crippen LogP contribution in [0, 0.1) is 0 Å². The largest absolute Gasteiger partial charge is 0.494 e. The third-order valence-electron chi connectivity index (χ3n) is 4.54. The van der Waals surface area contributed by atoms with E-state index in [9.17, 15) is 9.59 Å². The molecule has 1 aromatic carbocycles. The van der Waals surface area contributed by atoms with Gasteiger partial charge < -0.3 is 20.7 Å². The number of aryl methyl sites for hydroxylation is 1. The Labute approximate surface area is 158 Å². The smallest absolute Gasteiger partial charge is 0.315 e. The molecule has 0 spiro atoms. The second kappa shape index (κ2) is 8.57. The molecule has 0 radical (unpaired) electrons. The highest BCUT2D eigenvalue weighted by Crippen LogP contribution is 2.28. The fraction of sp³-hybridized carbons (Fsp3) is 0.421. The number of fused-ring (bicyclic) bond motifs is 1. The number of nitrogens with zero attached hydrogens (tertiary/aromatic N) is 2. The number of amides is 3. The molecule has 1 atom stereocenters. The molecule has 0 saturated carbocycles. The number of hydrogen-bond acceptors (Lipinski definition) is 4. The molecule has 3 amide bonds. The zero-order valence-corrected chi connectivity index (χ0v) is 15.6. The lowest BCUT2D eigenvalue weighted by atomic mass is 9.93. The van der Waals surface area contributed by atoms with E-state index >= 15 is 0 Å². The Kier molecular flexibility index (Phi) is 5.95. The van der Waals surface area contributed by atoms with Crippen molar-refractivity contribution in [2.75, 3.05) is 18.5 Å². The number of nitrogens with one attached hydrogen (secondary N) is 3. The molecule has 2 aromatic rings. The van der Waals surface area contributed by atoms with Crippen LogP contribution in [0.5, 0.6) is 5.75 Å². The summed E-state index contributed by atoms with van der Waals surface area (Å²) in [4.78, 5) is 24.2. The summed E-state index contributed by atoms with van der Waals surface area (Å²) in [7, 11) is 1.91. The van der Waals surface area contributed by atoms with Crippen molar-refractivity contribution in [3.05, 3.63) is 41.7 Å². The molecule has 1 aromatic heterocycles. The Morgan fingerprint density at radius 2 is 2.07 bits per heavy atom. The number of carbonyl (C=O) groups is 2. The van der Waals surface area contributed by atoms with Crippen LogP contribution in [0.15, 0.2) is 30.5 Å². The highest BCUT2D eigenvalue weighted by Gasteiger charge is 2.24. The van der Waals surface area contributed by atoms with Gasteiger partial charge in [0.05, 0.1) is 25.4 Å². The summed E-state index contributed by atoms with van der Waals surface area (Å²) in [6, 6.07) is 6.65. The van der Waals surface area contributed by atoms with Gasteiger partial charge in [-0.15, -0.1) is 0 Å². The zero-order valence-electron chi connectivity index (χ0n) is 15.6. The van der Waals surface area contributed by atoms with Gasteiger partial charge in [0.15, 0.2) is 0 Å². The molecule has 1 aliphatic carbocycles. The number of rotatable bonds is 6. The maximum Gasteiger partial charge on any atom is 0.315 e. The summed E-state index contributed by atoms with van der Waals surface area (Å²) < 4.78 is 7.21. The minimum atomic E-state index is -0.362. The topological polar surface area (TPSA) is 97.3 Å². The molecule has 0 unspecified atom stereocenters. The van der Waals surface area contributed by atoms with E-state index in [1.807, 2.05) is 18.7 Å². The van der Waals surface area contributed by atoms with E-state index in [4.69, 9.17) is 4.74 Å². The summed E-state index contributed by atoms with van der Waals surface area (Å²) in [5, 5.41) is 12.5. The molecule has 3 rings (SSSR count). The molecule has 0 fully saturated rings. The van der Waals surface area contributed by atoms with Gasteiger partial charge in [0.25, 0.3) is 0 Å². The van der Waals surface area contributed by atoms with Crippen molar-refractivity contribution in [2.24, 2.45) is 7.05 Å². The summed E-state index contributed by atoms with van der Waals surface area (Å²) in [5.41, 5.74) is 2.86. The van der Waals surface area contributed by atoms with Gasteiger partial charge in [-0.05, 0) is 50.5 Å². The molecule has 3 N–H and O–H groups in total. The number of hydrogen-bond donors (Lipinski definition) is 3. The molecule has 0 saturated heterocycles. The molecular weight excluding hydrogens is 346 g/mol. The third kappa shape index (κ3) is 4.78. The van der Waals surface area contributed by atoms with Crippen molar-refractivity contribution in [3.63, 3.8) is 0 Å². The first kappa shape index (κ1) is 18.8. The quantitative estimate of drug-likeness (QED) is 0.725. The fourth-order valence-electron chi connectivity index (χ4n) is 3.23. The second-order valence-corrected chi connectivity index (χ2v) is 6.45. The summed E-state index contributed by atoms with van der Waals surface area (Å²) in [5.74, 6) is 0.454. The maximum atomic E-state index is 12.2. The van der Waals surface area contributed by atoms with Gasteiger partial charge in [0, 0.05) is 24.0 Å². The van der Waals surface area contributed by atoms with Crippen LogP contribution in [-0.4, -0.2) is 34.9 Å². The number of benzene rings is 1. The van der Waals surface area contributed by atoms with Gasteiger partial charge in [-0.1, -0.05) is 0 Å². The van der Waals surface area contributed by atoms with Gasteiger partial charge in [-0.3, -0.25) is 9.48 Å². The molecule has 8 nitrogen and oxygen atoms in total. The second-order valence-electron chi connectivity index (χ2n) is 6.45. The highest BCUT2D eigenvalue weighted by molar-refractivity contribution is 5.94. The molecule has 27 heavy (non-hydrogen) atoms. The average Bonchev–Trinajstić information content (AvgIpc) is 3.04. The van der Waals surface area contributed by atoms with Crippen molar-refractivity contribution in [1.29, 1.82) is 0 Å². The lowest BCUT2D eigenvalue weighted by molar-refractivity contribution is -0.115. The standard InChI is InChI=1S/C19H25N5O3/c1-3-27-14-9-7-13(8-10-14)22-18(25)12-20-19(26)23-16-5-4-6-17-15(16)11-21-24(17)2/h7-11,16H,3-6,12H2,1-2H3,(H,22,25)(H2,20,23,26)/t16-/m0/s1. The SMILES string of the molecule is CCOc1ccc(NC(=O)CNC(=O)N[C@H]2CCCc3c2cnn3C)cc1. The molecule has 0 aliphatic heterocycles. The Morgan fingerprint density at radius 3 is 2.81 bits per heavy atom. The van der Waals surface area contributed by atoms with Crippen molar-refractivity contribution in [3.8, 4) is 5.75 Å². The molecule has 0 bridgehead atoms. The van der Waals surface area contributed by atoms with Gasteiger partial charge in [-0.25, -0.2) is 4.79 Å². The molecule has 8 heteroatoms. The average molecular weight is 371 g/mol. The van der Waals surface area contributed by atoms with Crippen LogP contribution >= 0.6 is 0 Å². The lowest BCUT2D eigenvalue weighted by Crippen LogP contribution is -2.42. The van der Waals surface area contributed by atoms with Crippen LogP contribution in [0.2, 0.25) is 0 Å². The first-order chi connectivity index (χ1) is 13.1. The van der Waals surface area contributed by atoms with Crippen LogP contribution in [-0.2, 0) is 18.3 Å². The Balaban J connectivity index is 1.46. The van der Waals surface area contributed by atoms with E-state index in [1.165, 1.54) is 0 Å². The van der Waals surface area contributed by atoms with Gasteiger partial charge >= 0.3 is 6.03 Å². The van der Waals surface area contributed by atoms with Gasteiger partial charge in [0.1, 0.15) is 5.75 Å². The van der Waals surface area contributed by atoms with E-state index < -0.39 is 0 Å². The van der Waals surface area contributed by atoms with E-state index in [0.717, 1.165) is 36.3 Å². The Hall–Kier alpha value is -3.03. The van der Waals surface area contributed by atoms with Crippen LogP contribution in [0.3, 0.4) is 0 Å². The van der Waals surface area contributed by atoms with Crippen molar-refractivity contribution >= 4 is 17.6 Å². The predicted molar refractivity (Wildman–Crippen MR) is 102 cm³/mol. The first-order valence-electron chi connectivity index (χ1n) is 9.14. The van der Waals surface area contributed by atoms with Crippen molar-refractivity contribution in [1.82, 2.24) is 20.4 Å². The molecular formula is C19H25N5O3. The van der Waals surface area contributed by atoms with E-state index in [0.29, 0.717) is 12.3 Å². The molecule has 1 heterocycles. The number of aromatic nitrogens is 2. The van der Waals surface area contributed by atoms with Crippen LogP contribution < -0.4 is 20.7 Å². The first-order valence-corrected chi connectivity index (χ1v) is 9.14. The number of urea groups is 1. The van der Waals surface area contributed by atoms with E-state index in [1.54, 1.807) is 30.5 Å². The van der Waals surface area contributed by atoms with Crippen LogP contribution in [0.25, 0.3) is 0 Å². The van der Waals surface area contributed by atoms with E-state index in [2.05, 4.69) is 21.0 Å². The minimum Gasteiger partial charge on any atom is -0.494 e. The zero-order chi connectivity index (χ0) is 19.2. The Morgan fingerprint density at radius 1 is 1.30 bits per heavy atom. The highest BCUT2D eigenvalue weighted by atomic mass is 16.5. The van der Waals surface area contributed by atoms with Crippen molar-refractivity contribution < 1.29 is 14.3 Å². The number of carbonyl (C=O) groups excluding carboxylic acids is 2. The number of ether oxygens (including phenoxy) is 1. The normalized spacial score (nSPS) is 15.6. The van der Waals surface area contributed by atoms with Crippen LogP contribution in [0.1, 0.15) is 37.1 Å². The van der Waals surface area contributed by atoms with Crippen molar-refractivity contribution in [2.45, 2.75) is 32.2 Å². The summed E-state index contributed by atoms with van der Waals surface area (Å²) in [6.07, 6.45) is 4.63. The summed E-state index contributed by atoms with van der Waals surface area (Å²) in [6.45, 7) is 2.40. The fourth-order valence-corrected chi connectivity index (χ4v) is 3.23. The summed E-state index contributed by atoms with van der Waals surface area (Å²) >= 11 is 0. The van der Waals surface area contributed by atoms with Gasteiger partial charge in [0.2, 0.25) is 5.91 Å². The molecule has 1 aliphatic rings. The van der Waals surface area contributed by atoms with Gasteiger partial charge in [-0.2, -0.15) is 5.10 Å².